The number of ether oxygens (including phenoxy) is 1. The Hall–Kier alpha value is -1.20. The van der Waals surface area contributed by atoms with E-state index in [-0.39, 0.29) is 11.9 Å². The molecule has 5 nitrogen and oxygen atoms in total. The van der Waals surface area contributed by atoms with Crippen LogP contribution < -0.4 is 0 Å². The zero-order valence-electron chi connectivity index (χ0n) is 12.9. The molecule has 2 rings (SSSR count). The molecule has 0 aliphatic carbocycles. The molecule has 0 aromatic carbocycles. The van der Waals surface area contributed by atoms with Crippen LogP contribution in [-0.2, 0) is 29.4 Å². The van der Waals surface area contributed by atoms with Gasteiger partial charge in [0.15, 0.2) is 5.78 Å². The Balaban J connectivity index is 1.98. The van der Waals surface area contributed by atoms with Crippen LogP contribution in [0.1, 0.15) is 32.2 Å². The number of rotatable bonds is 5. The predicted octanol–water partition coefficient (Wildman–Crippen LogP) is 1.20. The molecule has 1 unspecified atom stereocenters. The van der Waals surface area contributed by atoms with Crippen LogP contribution in [0.4, 0.5) is 0 Å². The maximum absolute atomic E-state index is 12.4. The number of morpholine rings is 1. The lowest BCUT2D eigenvalue weighted by molar-refractivity contribution is -0.136. The lowest BCUT2D eigenvalue weighted by atomic mass is 10.1. The summed E-state index contributed by atoms with van der Waals surface area (Å²) >= 11 is 0. The van der Waals surface area contributed by atoms with Crippen molar-refractivity contribution < 1.29 is 9.53 Å². The van der Waals surface area contributed by atoms with Gasteiger partial charge < -0.3 is 4.74 Å². The van der Waals surface area contributed by atoms with E-state index in [1.807, 2.05) is 13.1 Å². The van der Waals surface area contributed by atoms with Crippen LogP contribution in [0.15, 0.2) is 6.07 Å². The Morgan fingerprint density at radius 1 is 1.55 bits per heavy atom. The summed E-state index contributed by atoms with van der Waals surface area (Å²) in [7, 11) is 1.89. The van der Waals surface area contributed by atoms with E-state index in [9.17, 15) is 4.79 Å². The van der Waals surface area contributed by atoms with E-state index in [1.54, 1.807) is 4.68 Å². The largest absolute Gasteiger partial charge is 0.368 e. The fourth-order valence-corrected chi connectivity index (χ4v) is 2.54. The van der Waals surface area contributed by atoms with Gasteiger partial charge in [0.2, 0.25) is 0 Å². The summed E-state index contributed by atoms with van der Waals surface area (Å²) in [6.07, 6.45) is 0.995. The molecule has 0 N–H and O–H groups in total. The highest BCUT2D eigenvalue weighted by molar-refractivity contribution is 5.85. The lowest BCUT2D eigenvalue weighted by Gasteiger charge is -2.34. The van der Waals surface area contributed by atoms with Crippen LogP contribution in [0.2, 0.25) is 0 Å². The second-order valence-corrected chi connectivity index (χ2v) is 5.70. The third-order valence-corrected chi connectivity index (χ3v) is 3.93. The van der Waals surface area contributed by atoms with Crippen LogP contribution in [0, 0.1) is 0 Å². The van der Waals surface area contributed by atoms with Crippen molar-refractivity contribution in [2.45, 2.75) is 45.8 Å². The van der Waals surface area contributed by atoms with Crippen molar-refractivity contribution in [3.63, 3.8) is 0 Å². The minimum atomic E-state index is -0.300. The summed E-state index contributed by atoms with van der Waals surface area (Å²) in [5.41, 5.74) is 2.00. The number of Topliss-reactive ketones (excluding diaryl/α,β-unsaturated/α-hetero) is 1. The first-order valence-electron chi connectivity index (χ1n) is 7.41. The summed E-state index contributed by atoms with van der Waals surface area (Å²) in [6.45, 7) is 8.63. The van der Waals surface area contributed by atoms with E-state index in [2.05, 4.69) is 30.8 Å². The molecule has 1 aliphatic heterocycles. The Kier molecular flexibility index (Phi) is 4.94. The zero-order valence-corrected chi connectivity index (χ0v) is 12.9. The number of carbonyl (C=O) groups is 1. The average molecular weight is 279 g/mol. The molecule has 0 saturated carbocycles. The Morgan fingerprint density at radius 3 is 2.90 bits per heavy atom. The Labute approximate surface area is 120 Å². The molecule has 1 aromatic heterocycles. The quantitative estimate of drug-likeness (QED) is 0.812. The van der Waals surface area contributed by atoms with Gasteiger partial charge in [-0.2, -0.15) is 5.10 Å². The highest BCUT2D eigenvalue weighted by Crippen LogP contribution is 2.13. The normalized spacial score (nSPS) is 20.6. The van der Waals surface area contributed by atoms with Gasteiger partial charge in [-0.1, -0.05) is 6.92 Å². The van der Waals surface area contributed by atoms with Gasteiger partial charge in [-0.3, -0.25) is 14.4 Å². The first-order valence-corrected chi connectivity index (χ1v) is 7.41. The summed E-state index contributed by atoms with van der Waals surface area (Å²) in [4.78, 5) is 14.7. The molecule has 0 amide bonds. The van der Waals surface area contributed by atoms with Crippen LogP contribution >= 0.6 is 0 Å². The molecule has 1 aliphatic rings. The molecule has 1 atom stereocenters. The van der Waals surface area contributed by atoms with Crippen molar-refractivity contribution in [2.24, 2.45) is 7.05 Å². The van der Waals surface area contributed by atoms with E-state index < -0.39 is 0 Å². The third kappa shape index (κ3) is 3.46. The molecule has 1 fully saturated rings. The molecule has 2 heterocycles. The number of nitrogens with zero attached hydrogens (tertiary/aromatic N) is 3. The van der Waals surface area contributed by atoms with Crippen LogP contribution in [0.25, 0.3) is 0 Å². The molecule has 0 bridgehead atoms. The fraction of sp³-hybridized carbons (Fsp3) is 0.733. The molecular formula is C15H25N3O2. The molecule has 112 valence electrons. The second kappa shape index (κ2) is 6.50. The molecule has 0 radical (unpaired) electrons. The van der Waals surface area contributed by atoms with Gasteiger partial charge in [-0.25, -0.2) is 0 Å². The predicted molar refractivity (Wildman–Crippen MR) is 77.7 cm³/mol. The monoisotopic (exact) mass is 279 g/mol. The van der Waals surface area contributed by atoms with Gasteiger partial charge >= 0.3 is 0 Å². The second-order valence-electron chi connectivity index (χ2n) is 5.70. The minimum Gasteiger partial charge on any atom is -0.368 e. The molecular weight excluding hydrogens is 254 g/mol. The van der Waals surface area contributed by atoms with Crippen molar-refractivity contribution in [1.82, 2.24) is 14.7 Å². The number of hydrogen-bond acceptors (Lipinski definition) is 4. The van der Waals surface area contributed by atoms with Crippen molar-refractivity contribution in [1.29, 1.82) is 0 Å². The van der Waals surface area contributed by atoms with Gasteiger partial charge in [-0.15, -0.1) is 0 Å². The van der Waals surface area contributed by atoms with Crippen LogP contribution in [0.5, 0.6) is 0 Å². The summed E-state index contributed by atoms with van der Waals surface area (Å²) in [5.74, 6) is 0.154. The molecule has 20 heavy (non-hydrogen) atoms. The van der Waals surface area contributed by atoms with Crippen LogP contribution in [0.3, 0.4) is 0 Å². The molecule has 1 aromatic rings. The highest BCUT2D eigenvalue weighted by atomic mass is 16.5. The molecule has 0 spiro atoms. The first-order chi connectivity index (χ1) is 9.51. The zero-order chi connectivity index (χ0) is 14.7. The van der Waals surface area contributed by atoms with Crippen LogP contribution in [-0.4, -0.2) is 52.3 Å². The average Bonchev–Trinajstić information content (AvgIpc) is 2.79. The van der Waals surface area contributed by atoms with E-state index in [1.165, 1.54) is 0 Å². The van der Waals surface area contributed by atoms with Gasteiger partial charge in [0.05, 0.1) is 18.7 Å². The standard InChI is InChI=1S/C15H25N3O2/c1-5-12-8-13(17(4)16-12)9-14(19)15-10-18(11(2)3)6-7-20-15/h8,11,15H,5-7,9-10H2,1-4H3. The summed E-state index contributed by atoms with van der Waals surface area (Å²) in [5, 5.41) is 4.38. The summed E-state index contributed by atoms with van der Waals surface area (Å²) < 4.78 is 7.45. The van der Waals surface area contributed by atoms with Gasteiger partial charge in [0, 0.05) is 31.9 Å². The van der Waals surface area contributed by atoms with Gasteiger partial charge in [-0.05, 0) is 26.3 Å². The lowest BCUT2D eigenvalue weighted by Crippen LogP contribution is -2.49. The number of aryl methyl sites for hydroxylation is 2. The highest BCUT2D eigenvalue weighted by Gasteiger charge is 2.28. The molecule has 5 heteroatoms. The Bertz CT molecular complexity index is 468. The van der Waals surface area contributed by atoms with E-state index in [0.29, 0.717) is 25.6 Å². The number of hydrogen-bond donors (Lipinski definition) is 0. The van der Waals surface area contributed by atoms with Gasteiger partial charge in [0.1, 0.15) is 6.10 Å². The maximum atomic E-state index is 12.4. The van der Waals surface area contributed by atoms with Gasteiger partial charge in [0.25, 0.3) is 0 Å². The molecule has 1 saturated heterocycles. The topological polar surface area (TPSA) is 47.4 Å². The number of ketones is 1. The van der Waals surface area contributed by atoms with E-state index >= 15 is 0 Å². The van der Waals surface area contributed by atoms with E-state index in [0.717, 1.165) is 24.4 Å². The number of carbonyl (C=O) groups excluding carboxylic acids is 1. The SMILES string of the molecule is CCc1cc(CC(=O)C2CN(C(C)C)CCO2)n(C)n1. The minimum absolute atomic E-state index is 0.154. The number of aromatic nitrogens is 2. The third-order valence-electron chi connectivity index (χ3n) is 3.93. The van der Waals surface area contributed by atoms with E-state index in [4.69, 9.17) is 4.74 Å². The van der Waals surface area contributed by atoms with Crippen molar-refractivity contribution in [3.05, 3.63) is 17.5 Å². The summed E-state index contributed by atoms with van der Waals surface area (Å²) in [6, 6.07) is 2.47. The maximum Gasteiger partial charge on any atom is 0.168 e. The first kappa shape index (κ1) is 15.2. The Morgan fingerprint density at radius 2 is 2.30 bits per heavy atom. The fourth-order valence-electron chi connectivity index (χ4n) is 2.54. The van der Waals surface area contributed by atoms with Crippen molar-refractivity contribution in [2.75, 3.05) is 19.7 Å². The van der Waals surface area contributed by atoms with Crippen molar-refractivity contribution in [3.8, 4) is 0 Å². The smallest absolute Gasteiger partial charge is 0.168 e. The van der Waals surface area contributed by atoms with Crippen molar-refractivity contribution >= 4 is 5.78 Å².